The Morgan fingerprint density at radius 2 is 2.09 bits per heavy atom. The van der Waals surface area contributed by atoms with E-state index in [0.717, 1.165) is 12.3 Å². The van der Waals surface area contributed by atoms with Crippen LogP contribution < -0.4 is 5.73 Å². The maximum Gasteiger partial charge on any atom is 0.0157 e. The van der Waals surface area contributed by atoms with Crippen LogP contribution >= 0.6 is 11.8 Å². The average Bonchev–Trinajstić information content (AvgIpc) is 2.98. The molecule has 0 heterocycles. The van der Waals surface area contributed by atoms with Crippen molar-refractivity contribution < 1.29 is 0 Å². The van der Waals surface area contributed by atoms with Crippen molar-refractivity contribution in [3.8, 4) is 0 Å². The van der Waals surface area contributed by atoms with Crippen molar-refractivity contribution in [2.45, 2.75) is 76.7 Å². The van der Waals surface area contributed by atoms with E-state index in [1.165, 1.54) is 56.5 Å². The van der Waals surface area contributed by atoms with Crippen LogP contribution in [0.15, 0.2) is 18.2 Å². The molecule has 0 amide bonds. The molecule has 0 spiro atoms. The molecule has 2 aliphatic rings. The van der Waals surface area contributed by atoms with Gasteiger partial charge in [0.15, 0.2) is 0 Å². The lowest BCUT2D eigenvalue weighted by Gasteiger charge is -2.26. The first-order chi connectivity index (χ1) is 11.1. The van der Waals surface area contributed by atoms with Gasteiger partial charge in [-0.05, 0) is 91.4 Å². The lowest BCUT2D eigenvalue weighted by Crippen LogP contribution is -2.35. The summed E-state index contributed by atoms with van der Waals surface area (Å²) in [6, 6.07) is 7.37. The molecule has 3 rings (SSSR count). The smallest absolute Gasteiger partial charge is 0.0157 e. The summed E-state index contributed by atoms with van der Waals surface area (Å²) in [7, 11) is 0. The number of benzene rings is 1. The Labute approximate surface area is 146 Å². The van der Waals surface area contributed by atoms with Gasteiger partial charge in [-0.25, -0.2) is 0 Å². The highest BCUT2D eigenvalue weighted by atomic mass is 32.2. The molecular formula is C21H33NS. The van der Waals surface area contributed by atoms with Crippen LogP contribution in [0.2, 0.25) is 0 Å². The molecule has 2 heteroatoms. The monoisotopic (exact) mass is 331 g/mol. The lowest BCUT2D eigenvalue weighted by molar-refractivity contribution is 0.418. The molecule has 0 unspecified atom stereocenters. The Balaban J connectivity index is 1.63. The fourth-order valence-electron chi connectivity index (χ4n) is 4.51. The minimum Gasteiger partial charge on any atom is -0.325 e. The number of hydrogen-bond donors (Lipinski definition) is 1. The molecule has 1 aromatic carbocycles. The molecule has 2 aliphatic carbocycles. The normalized spacial score (nSPS) is 30.4. The van der Waals surface area contributed by atoms with Gasteiger partial charge in [-0.2, -0.15) is 11.8 Å². The highest BCUT2D eigenvalue weighted by Crippen LogP contribution is 2.42. The van der Waals surface area contributed by atoms with Crippen molar-refractivity contribution >= 4 is 11.8 Å². The van der Waals surface area contributed by atoms with Crippen molar-refractivity contribution in [2.75, 3.05) is 11.5 Å². The summed E-state index contributed by atoms with van der Waals surface area (Å²) in [5.41, 5.74) is 11.4. The quantitative estimate of drug-likeness (QED) is 0.715. The molecule has 0 bridgehead atoms. The topological polar surface area (TPSA) is 26.0 Å². The van der Waals surface area contributed by atoms with Crippen molar-refractivity contribution in [2.24, 2.45) is 11.7 Å². The van der Waals surface area contributed by atoms with E-state index in [1.54, 1.807) is 16.7 Å². The Morgan fingerprint density at radius 3 is 2.83 bits per heavy atom. The summed E-state index contributed by atoms with van der Waals surface area (Å²) in [6.45, 7) is 4.51. The summed E-state index contributed by atoms with van der Waals surface area (Å²) in [4.78, 5) is 0. The van der Waals surface area contributed by atoms with Crippen LogP contribution in [0.25, 0.3) is 0 Å². The number of rotatable bonds is 6. The summed E-state index contributed by atoms with van der Waals surface area (Å²) in [5, 5.41) is 0. The van der Waals surface area contributed by atoms with Gasteiger partial charge in [0.25, 0.3) is 0 Å². The summed E-state index contributed by atoms with van der Waals surface area (Å²) >= 11 is 2.09. The maximum atomic E-state index is 6.50. The number of thioether (sulfide) groups is 1. The van der Waals surface area contributed by atoms with Crippen molar-refractivity contribution in [1.29, 1.82) is 0 Å². The first kappa shape index (κ1) is 17.4. The van der Waals surface area contributed by atoms with Crippen LogP contribution in [0.4, 0.5) is 0 Å². The van der Waals surface area contributed by atoms with Crippen molar-refractivity contribution in [3.05, 3.63) is 34.9 Å². The van der Waals surface area contributed by atoms with E-state index in [-0.39, 0.29) is 5.54 Å². The van der Waals surface area contributed by atoms with Crippen LogP contribution in [0.3, 0.4) is 0 Å². The molecule has 128 valence electrons. The molecule has 0 aliphatic heterocycles. The van der Waals surface area contributed by atoms with Gasteiger partial charge in [0.05, 0.1) is 0 Å². The van der Waals surface area contributed by atoms with Gasteiger partial charge >= 0.3 is 0 Å². The average molecular weight is 332 g/mol. The fraction of sp³-hybridized carbons (Fsp3) is 0.714. The van der Waals surface area contributed by atoms with Crippen molar-refractivity contribution in [3.63, 3.8) is 0 Å². The molecule has 1 fully saturated rings. The van der Waals surface area contributed by atoms with E-state index >= 15 is 0 Å². The van der Waals surface area contributed by atoms with Gasteiger partial charge in [0.2, 0.25) is 0 Å². The van der Waals surface area contributed by atoms with Crippen LogP contribution in [-0.4, -0.2) is 17.0 Å². The predicted octanol–water partition coefficient (Wildman–Crippen LogP) is 5.31. The van der Waals surface area contributed by atoms with Crippen LogP contribution in [0.1, 0.15) is 75.0 Å². The lowest BCUT2D eigenvalue weighted by atomic mass is 9.80. The zero-order chi connectivity index (χ0) is 16.3. The van der Waals surface area contributed by atoms with Crippen LogP contribution in [-0.2, 0) is 12.8 Å². The SMILES string of the molecule is CCSCC[C@@H]1CCc2cc([C@H]3CC[C@](N)(CC)C3)ccc2C1. The Hall–Kier alpha value is -0.470. The Morgan fingerprint density at radius 1 is 1.22 bits per heavy atom. The van der Waals surface area contributed by atoms with Gasteiger partial charge in [-0.1, -0.05) is 32.0 Å². The third-order valence-electron chi connectivity index (χ3n) is 6.25. The van der Waals surface area contributed by atoms with E-state index in [1.807, 2.05) is 0 Å². The largest absolute Gasteiger partial charge is 0.325 e. The van der Waals surface area contributed by atoms with E-state index < -0.39 is 0 Å². The van der Waals surface area contributed by atoms with Gasteiger partial charge in [0.1, 0.15) is 0 Å². The number of aryl methyl sites for hydroxylation is 1. The highest BCUT2D eigenvalue weighted by Gasteiger charge is 2.35. The van der Waals surface area contributed by atoms with Crippen LogP contribution in [0.5, 0.6) is 0 Å². The third kappa shape index (κ3) is 4.14. The second kappa shape index (κ2) is 7.61. The van der Waals surface area contributed by atoms with Gasteiger partial charge in [-0.15, -0.1) is 0 Å². The molecule has 2 N–H and O–H groups in total. The molecular weight excluding hydrogens is 298 g/mol. The minimum atomic E-state index is 0.0998. The number of nitrogens with two attached hydrogens (primary N) is 1. The third-order valence-corrected chi connectivity index (χ3v) is 7.19. The molecule has 3 atom stereocenters. The van der Waals surface area contributed by atoms with E-state index in [2.05, 4.69) is 43.8 Å². The summed E-state index contributed by atoms with van der Waals surface area (Å²) in [5.74, 6) is 4.21. The molecule has 0 saturated heterocycles. The standard InChI is InChI=1S/C21H33NS/c1-3-21(22)11-9-20(15-21)19-8-7-17-13-16(10-12-23-4-2)5-6-18(17)14-19/h7-8,14,16,20H,3-6,9-13,15,22H2,1-2H3/t16-,20-,21+/m0/s1. The first-order valence-corrected chi connectivity index (χ1v) is 10.8. The van der Waals surface area contributed by atoms with Crippen LogP contribution in [0, 0.1) is 5.92 Å². The second-order valence-corrected chi connectivity index (χ2v) is 9.17. The second-order valence-electron chi connectivity index (χ2n) is 7.78. The van der Waals surface area contributed by atoms with Gasteiger partial charge in [0, 0.05) is 5.54 Å². The molecule has 1 aromatic rings. The van der Waals surface area contributed by atoms with Gasteiger partial charge in [-0.3, -0.25) is 0 Å². The fourth-order valence-corrected chi connectivity index (χ4v) is 5.30. The Kier molecular flexibility index (Phi) is 5.74. The zero-order valence-electron chi connectivity index (χ0n) is 14.9. The number of fused-ring (bicyclic) bond motifs is 1. The molecule has 23 heavy (non-hydrogen) atoms. The van der Waals surface area contributed by atoms with E-state index in [9.17, 15) is 0 Å². The molecule has 1 saturated carbocycles. The molecule has 0 radical (unpaired) electrons. The van der Waals surface area contributed by atoms with E-state index in [0.29, 0.717) is 5.92 Å². The summed E-state index contributed by atoms with van der Waals surface area (Å²) in [6.07, 6.45) is 10.2. The van der Waals surface area contributed by atoms with E-state index in [4.69, 9.17) is 5.73 Å². The first-order valence-electron chi connectivity index (χ1n) is 9.62. The van der Waals surface area contributed by atoms with Crippen molar-refractivity contribution in [1.82, 2.24) is 0 Å². The Bertz CT molecular complexity index is 527. The summed E-state index contributed by atoms with van der Waals surface area (Å²) < 4.78 is 0. The highest BCUT2D eigenvalue weighted by molar-refractivity contribution is 7.99. The predicted molar refractivity (Wildman–Crippen MR) is 103 cm³/mol. The number of hydrogen-bond acceptors (Lipinski definition) is 2. The minimum absolute atomic E-state index is 0.0998. The molecule has 0 aromatic heterocycles. The van der Waals surface area contributed by atoms with Gasteiger partial charge < -0.3 is 5.73 Å². The maximum absolute atomic E-state index is 6.50. The molecule has 1 nitrogen and oxygen atoms in total. The zero-order valence-corrected chi connectivity index (χ0v) is 15.8.